The van der Waals surface area contributed by atoms with E-state index in [0.29, 0.717) is 0 Å². The Kier molecular flexibility index (Phi) is 4.63. The Morgan fingerprint density at radius 2 is 1.83 bits per heavy atom. The van der Waals surface area contributed by atoms with Gasteiger partial charge in [-0.2, -0.15) is 0 Å². The summed E-state index contributed by atoms with van der Waals surface area (Å²) in [7, 11) is 0. The Morgan fingerprint density at radius 1 is 1.08 bits per heavy atom. The summed E-state index contributed by atoms with van der Waals surface area (Å²) in [6.45, 7) is 2.23. The van der Waals surface area contributed by atoms with Crippen LogP contribution >= 0.6 is 0 Å². The molecule has 0 saturated heterocycles. The molecule has 1 heteroatoms. The molecule has 0 aliphatic heterocycles. The molecular formula is C11H21F. The van der Waals surface area contributed by atoms with E-state index >= 15 is 0 Å². The lowest BCUT2D eigenvalue weighted by atomic mass is 9.88. The summed E-state index contributed by atoms with van der Waals surface area (Å²) in [4.78, 5) is 0. The summed E-state index contributed by atoms with van der Waals surface area (Å²) in [6, 6.07) is 0. The second kappa shape index (κ2) is 5.55. The summed E-state index contributed by atoms with van der Waals surface area (Å²) in [5.74, 6) is 0.827. The van der Waals surface area contributed by atoms with Gasteiger partial charge in [-0.05, 0) is 25.2 Å². The highest BCUT2D eigenvalue weighted by Crippen LogP contribution is 2.26. The molecule has 0 bridgehead atoms. The van der Waals surface area contributed by atoms with Gasteiger partial charge >= 0.3 is 0 Å². The van der Waals surface area contributed by atoms with E-state index in [1.807, 2.05) is 0 Å². The van der Waals surface area contributed by atoms with Gasteiger partial charge in [0.05, 0.1) is 0 Å². The monoisotopic (exact) mass is 172 g/mol. The van der Waals surface area contributed by atoms with Crippen LogP contribution in [-0.4, -0.2) is 6.17 Å². The highest BCUT2D eigenvalue weighted by atomic mass is 19.1. The van der Waals surface area contributed by atoms with E-state index in [1.54, 1.807) is 0 Å². The molecule has 0 aromatic carbocycles. The fraction of sp³-hybridized carbons (Fsp3) is 1.00. The lowest BCUT2D eigenvalue weighted by Gasteiger charge is -2.20. The molecule has 0 N–H and O–H groups in total. The van der Waals surface area contributed by atoms with Crippen molar-refractivity contribution in [1.29, 1.82) is 0 Å². The van der Waals surface area contributed by atoms with E-state index in [9.17, 15) is 4.39 Å². The largest absolute Gasteiger partial charge is 0.247 e. The quantitative estimate of drug-likeness (QED) is 0.588. The van der Waals surface area contributed by atoms with Crippen molar-refractivity contribution in [2.75, 3.05) is 0 Å². The van der Waals surface area contributed by atoms with E-state index in [0.717, 1.165) is 31.6 Å². The van der Waals surface area contributed by atoms with E-state index < -0.39 is 6.17 Å². The van der Waals surface area contributed by atoms with Crippen LogP contribution in [0, 0.1) is 5.92 Å². The summed E-state index contributed by atoms with van der Waals surface area (Å²) in [5.41, 5.74) is 0. The van der Waals surface area contributed by atoms with Crippen LogP contribution in [0.2, 0.25) is 0 Å². The minimum Gasteiger partial charge on any atom is -0.247 e. The molecule has 0 nitrogen and oxygen atoms in total. The SMILES string of the molecule is CCCC1CCCCC(F)CC1. The number of rotatable bonds is 2. The molecule has 1 saturated carbocycles. The van der Waals surface area contributed by atoms with Gasteiger partial charge in [0.25, 0.3) is 0 Å². The smallest absolute Gasteiger partial charge is 0.100 e. The van der Waals surface area contributed by atoms with Crippen LogP contribution in [0.1, 0.15) is 58.3 Å². The predicted octanol–water partition coefficient (Wildman–Crippen LogP) is 4.10. The van der Waals surface area contributed by atoms with Gasteiger partial charge in [-0.15, -0.1) is 0 Å². The Balaban J connectivity index is 2.24. The first-order valence-electron chi connectivity index (χ1n) is 5.47. The molecule has 2 unspecified atom stereocenters. The third-order valence-electron chi connectivity index (χ3n) is 2.96. The van der Waals surface area contributed by atoms with Crippen LogP contribution in [0.3, 0.4) is 0 Å². The molecule has 1 aliphatic carbocycles. The van der Waals surface area contributed by atoms with Crippen LogP contribution < -0.4 is 0 Å². The summed E-state index contributed by atoms with van der Waals surface area (Å²) in [5, 5.41) is 0. The first-order valence-corrected chi connectivity index (χ1v) is 5.47. The van der Waals surface area contributed by atoms with Crippen molar-refractivity contribution in [3.8, 4) is 0 Å². The lowest BCUT2D eigenvalue weighted by molar-refractivity contribution is 0.234. The van der Waals surface area contributed by atoms with Gasteiger partial charge < -0.3 is 0 Å². The Hall–Kier alpha value is -0.0700. The molecule has 0 amide bonds. The molecule has 12 heavy (non-hydrogen) atoms. The van der Waals surface area contributed by atoms with Gasteiger partial charge in [0.2, 0.25) is 0 Å². The van der Waals surface area contributed by atoms with Crippen molar-refractivity contribution in [2.24, 2.45) is 5.92 Å². The van der Waals surface area contributed by atoms with Crippen LogP contribution in [0.5, 0.6) is 0 Å². The number of hydrogen-bond donors (Lipinski definition) is 0. The van der Waals surface area contributed by atoms with Crippen LogP contribution in [0.4, 0.5) is 4.39 Å². The highest BCUT2D eigenvalue weighted by molar-refractivity contribution is 4.67. The zero-order valence-corrected chi connectivity index (χ0v) is 8.19. The van der Waals surface area contributed by atoms with Gasteiger partial charge in [0, 0.05) is 0 Å². The molecular weight excluding hydrogens is 151 g/mol. The van der Waals surface area contributed by atoms with E-state index in [1.165, 1.54) is 25.7 Å². The number of hydrogen-bond acceptors (Lipinski definition) is 0. The topological polar surface area (TPSA) is 0 Å². The molecule has 1 rings (SSSR count). The van der Waals surface area contributed by atoms with Crippen molar-refractivity contribution in [2.45, 2.75) is 64.5 Å². The van der Waals surface area contributed by atoms with Crippen molar-refractivity contribution < 1.29 is 4.39 Å². The van der Waals surface area contributed by atoms with Gasteiger partial charge in [-0.25, -0.2) is 4.39 Å². The normalized spacial score (nSPS) is 32.5. The molecule has 1 fully saturated rings. The van der Waals surface area contributed by atoms with Crippen molar-refractivity contribution >= 4 is 0 Å². The van der Waals surface area contributed by atoms with E-state index in [4.69, 9.17) is 0 Å². The van der Waals surface area contributed by atoms with Crippen LogP contribution in [0.25, 0.3) is 0 Å². The minimum absolute atomic E-state index is 0.496. The maximum atomic E-state index is 13.0. The zero-order valence-electron chi connectivity index (χ0n) is 8.19. The van der Waals surface area contributed by atoms with Gasteiger partial charge in [0.1, 0.15) is 6.17 Å². The molecule has 0 aromatic heterocycles. The average Bonchev–Trinajstić information content (AvgIpc) is 2.04. The van der Waals surface area contributed by atoms with Crippen LogP contribution in [-0.2, 0) is 0 Å². The van der Waals surface area contributed by atoms with Crippen molar-refractivity contribution in [1.82, 2.24) is 0 Å². The molecule has 72 valence electrons. The third kappa shape index (κ3) is 3.55. The number of halogens is 1. The highest BCUT2D eigenvalue weighted by Gasteiger charge is 2.15. The molecule has 0 spiro atoms. The minimum atomic E-state index is -0.496. The standard InChI is InChI=1S/C11H21F/c1-2-5-10-6-3-4-7-11(12)9-8-10/h10-11H,2-9H2,1H3. The van der Waals surface area contributed by atoms with E-state index in [2.05, 4.69) is 6.92 Å². The van der Waals surface area contributed by atoms with Crippen molar-refractivity contribution in [3.05, 3.63) is 0 Å². The Morgan fingerprint density at radius 3 is 2.58 bits per heavy atom. The lowest BCUT2D eigenvalue weighted by Crippen LogP contribution is -2.10. The van der Waals surface area contributed by atoms with E-state index in [-0.39, 0.29) is 0 Å². The third-order valence-corrected chi connectivity index (χ3v) is 2.96. The molecule has 0 heterocycles. The Labute approximate surface area is 75.5 Å². The van der Waals surface area contributed by atoms with Crippen LogP contribution in [0.15, 0.2) is 0 Å². The first-order chi connectivity index (χ1) is 5.83. The molecule has 2 atom stereocenters. The molecule has 1 aliphatic rings. The molecule has 0 aromatic rings. The summed E-state index contributed by atoms with van der Waals surface area (Å²) in [6.07, 6.45) is 8.57. The van der Waals surface area contributed by atoms with Gasteiger partial charge in [-0.3, -0.25) is 0 Å². The first kappa shape index (κ1) is 10.0. The second-order valence-corrected chi connectivity index (χ2v) is 4.11. The maximum Gasteiger partial charge on any atom is 0.100 e. The zero-order chi connectivity index (χ0) is 8.81. The van der Waals surface area contributed by atoms with Gasteiger partial charge in [0.15, 0.2) is 0 Å². The maximum absolute atomic E-state index is 13.0. The summed E-state index contributed by atoms with van der Waals surface area (Å²) >= 11 is 0. The Bertz CT molecular complexity index is 112. The fourth-order valence-corrected chi connectivity index (χ4v) is 2.20. The van der Waals surface area contributed by atoms with Gasteiger partial charge in [-0.1, -0.05) is 39.0 Å². The second-order valence-electron chi connectivity index (χ2n) is 4.11. The number of alkyl halides is 1. The summed E-state index contributed by atoms with van der Waals surface area (Å²) < 4.78 is 13.0. The predicted molar refractivity (Wildman–Crippen MR) is 51.0 cm³/mol. The fourth-order valence-electron chi connectivity index (χ4n) is 2.20. The molecule has 0 radical (unpaired) electrons. The average molecular weight is 172 g/mol. The van der Waals surface area contributed by atoms with Crippen molar-refractivity contribution in [3.63, 3.8) is 0 Å².